The lowest BCUT2D eigenvalue weighted by Crippen LogP contribution is -2.52. The summed E-state index contributed by atoms with van der Waals surface area (Å²) in [5, 5.41) is 14.6. The molecule has 112 valence electrons. The van der Waals surface area contributed by atoms with Crippen LogP contribution in [0.1, 0.15) is 0 Å². The van der Waals surface area contributed by atoms with E-state index in [9.17, 15) is 14.4 Å². The summed E-state index contributed by atoms with van der Waals surface area (Å²) in [6, 6.07) is -1.31. The van der Waals surface area contributed by atoms with Crippen LogP contribution < -0.4 is 10.6 Å². The van der Waals surface area contributed by atoms with Gasteiger partial charge in [-0.05, 0) is 0 Å². The van der Waals surface area contributed by atoms with Crippen LogP contribution in [0.2, 0.25) is 0 Å². The number of nitrogens with zero attached hydrogens (tertiary/aromatic N) is 2. The summed E-state index contributed by atoms with van der Waals surface area (Å²) in [6.45, 7) is 2.68. The lowest BCUT2D eigenvalue weighted by Gasteiger charge is -2.28. The minimum atomic E-state index is -1.02. The zero-order chi connectivity index (χ0) is 14.5. The van der Waals surface area contributed by atoms with Gasteiger partial charge in [0.2, 0.25) is 5.91 Å². The lowest BCUT2D eigenvalue weighted by molar-refractivity contribution is -0.140. The smallest absolute Gasteiger partial charge is 0.327 e. The number of carbonyl (C=O) groups excluding carboxylic acids is 2. The van der Waals surface area contributed by atoms with Crippen molar-refractivity contribution in [1.82, 2.24) is 20.4 Å². The number of amides is 3. The highest BCUT2D eigenvalue weighted by atomic mass is 32.2. The van der Waals surface area contributed by atoms with Gasteiger partial charge in [-0.15, -0.1) is 11.8 Å². The normalized spacial score (nSPS) is 22.7. The van der Waals surface area contributed by atoms with Crippen LogP contribution in [0.3, 0.4) is 0 Å². The van der Waals surface area contributed by atoms with Crippen molar-refractivity contribution < 1.29 is 19.5 Å². The fraction of sp³-hybridized carbons (Fsp3) is 0.727. The molecule has 1 unspecified atom stereocenters. The molecule has 0 spiro atoms. The molecule has 20 heavy (non-hydrogen) atoms. The van der Waals surface area contributed by atoms with Gasteiger partial charge in [-0.3, -0.25) is 4.79 Å². The Balaban J connectivity index is 1.79. The predicted molar refractivity (Wildman–Crippen MR) is 73.4 cm³/mol. The molecule has 2 fully saturated rings. The molecule has 1 atom stereocenters. The number of hydrogen-bond donors (Lipinski definition) is 3. The van der Waals surface area contributed by atoms with Gasteiger partial charge in [0, 0.05) is 31.9 Å². The Hall–Kier alpha value is -1.48. The Morgan fingerprint density at radius 3 is 2.65 bits per heavy atom. The Kier molecular flexibility index (Phi) is 5.07. The number of piperazine rings is 1. The topological polar surface area (TPSA) is 102 Å². The van der Waals surface area contributed by atoms with Gasteiger partial charge in [-0.1, -0.05) is 0 Å². The number of carboxylic acids is 1. The van der Waals surface area contributed by atoms with Crippen molar-refractivity contribution in [1.29, 1.82) is 0 Å². The summed E-state index contributed by atoms with van der Waals surface area (Å²) in [6.07, 6.45) is 0. The second-order valence-electron chi connectivity index (χ2n) is 4.61. The first-order valence-corrected chi connectivity index (χ1v) is 7.58. The molecule has 0 aromatic heterocycles. The fourth-order valence-corrected chi connectivity index (χ4v) is 3.27. The molecular formula is C11H18N4O4S. The molecule has 3 amide bonds. The van der Waals surface area contributed by atoms with E-state index >= 15 is 0 Å². The first-order chi connectivity index (χ1) is 9.59. The number of thioether (sulfide) groups is 1. The van der Waals surface area contributed by atoms with E-state index in [0.29, 0.717) is 24.7 Å². The quantitative estimate of drug-likeness (QED) is 0.592. The second kappa shape index (κ2) is 6.80. The van der Waals surface area contributed by atoms with Crippen LogP contribution in [0.4, 0.5) is 4.79 Å². The first kappa shape index (κ1) is 14.9. The number of carbonyl (C=O) groups is 3. The monoisotopic (exact) mass is 302 g/mol. The average molecular weight is 302 g/mol. The molecule has 2 rings (SSSR count). The molecule has 2 aliphatic heterocycles. The van der Waals surface area contributed by atoms with Crippen LogP contribution in [-0.2, 0) is 9.59 Å². The van der Waals surface area contributed by atoms with Crippen molar-refractivity contribution in [2.75, 3.05) is 44.4 Å². The van der Waals surface area contributed by atoms with Crippen LogP contribution in [-0.4, -0.2) is 83.2 Å². The van der Waals surface area contributed by atoms with Crippen LogP contribution in [0.15, 0.2) is 0 Å². The van der Waals surface area contributed by atoms with E-state index < -0.39 is 18.0 Å². The number of hydrogen-bond acceptors (Lipinski definition) is 5. The third-order valence-corrected chi connectivity index (χ3v) is 4.30. The lowest BCUT2D eigenvalue weighted by atomic mass is 10.3. The highest BCUT2D eigenvalue weighted by Gasteiger charge is 2.34. The molecule has 0 saturated carbocycles. The molecule has 9 heteroatoms. The van der Waals surface area contributed by atoms with Gasteiger partial charge in [0.05, 0.1) is 12.4 Å². The summed E-state index contributed by atoms with van der Waals surface area (Å²) in [7, 11) is 0. The van der Waals surface area contributed by atoms with Crippen molar-refractivity contribution in [2.24, 2.45) is 0 Å². The molecule has 3 N–H and O–H groups in total. The fourth-order valence-electron chi connectivity index (χ4n) is 2.13. The van der Waals surface area contributed by atoms with E-state index in [1.165, 1.54) is 16.7 Å². The summed E-state index contributed by atoms with van der Waals surface area (Å²) >= 11 is 1.39. The van der Waals surface area contributed by atoms with Crippen LogP contribution in [0.25, 0.3) is 0 Å². The number of urea groups is 1. The van der Waals surface area contributed by atoms with Gasteiger partial charge < -0.3 is 25.5 Å². The third-order valence-electron chi connectivity index (χ3n) is 3.29. The SMILES string of the molecule is O=C(O)C1CSCN1C(=O)NCC(=O)N1CCNCC1. The zero-order valence-corrected chi connectivity index (χ0v) is 11.8. The molecule has 0 aromatic carbocycles. The van der Waals surface area contributed by atoms with Crippen LogP contribution in [0, 0.1) is 0 Å². The Bertz CT molecular complexity index is 400. The maximum Gasteiger partial charge on any atom is 0.327 e. The van der Waals surface area contributed by atoms with Crippen LogP contribution >= 0.6 is 11.8 Å². The Morgan fingerprint density at radius 2 is 2.00 bits per heavy atom. The molecule has 2 saturated heterocycles. The highest BCUT2D eigenvalue weighted by molar-refractivity contribution is 7.99. The minimum absolute atomic E-state index is 0.0909. The van der Waals surface area contributed by atoms with Gasteiger partial charge in [-0.25, -0.2) is 9.59 Å². The van der Waals surface area contributed by atoms with E-state index in [0.717, 1.165) is 13.1 Å². The molecule has 0 bridgehead atoms. The first-order valence-electron chi connectivity index (χ1n) is 6.43. The molecule has 2 heterocycles. The minimum Gasteiger partial charge on any atom is -0.480 e. The van der Waals surface area contributed by atoms with Gasteiger partial charge in [0.1, 0.15) is 6.04 Å². The summed E-state index contributed by atoms with van der Waals surface area (Å²) in [5.74, 6) is -0.434. The molecule has 8 nitrogen and oxygen atoms in total. The summed E-state index contributed by atoms with van der Waals surface area (Å²) in [5.41, 5.74) is 0. The van der Waals surface area contributed by atoms with E-state index in [4.69, 9.17) is 5.11 Å². The van der Waals surface area contributed by atoms with Gasteiger partial charge >= 0.3 is 12.0 Å². The molecular weight excluding hydrogens is 284 g/mol. The number of rotatable bonds is 3. The molecule has 0 radical (unpaired) electrons. The largest absolute Gasteiger partial charge is 0.480 e. The van der Waals surface area contributed by atoms with E-state index in [2.05, 4.69) is 10.6 Å². The maximum absolute atomic E-state index is 11.9. The van der Waals surface area contributed by atoms with Crippen molar-refractivity contribution in [3.8, 4) is 0 Å². The Labute approximate surface area is 120 Å². The predicted octanol–water partition coefficient (Wildman–Crippen LogP) is -1.41. The van der Waals surface area contributed by atoms with E-state index in [-0.39, 0.29) is 12.5 Å². The van der Waals surface area contributed by atoms with Crippen molar-refractivity contribution >= 4 is 29.7 Å². The van der Waals surface area contributed by atoms with Crippen molar-refractivity contribution in [2.45, 2.75) is 6.04 Å². The van der Waals surface area contributed by atoms with E-state index in [1.54, 1.807) is 4.90 Å². The molecule has 0 aliphatic carbocycles. The van der Waals surface area contributed by atoms with Gasteiger partial charge in [0.25, 0.3) is 0 Å². The maximum atomic E-state index is 11.9. The summed E-state index contributed by atoms with van der Waals surface area (Å²) < 4.78 is 0. The van der Waals surface area contributed by atoms with Crippen molar-refractivity contribution in [3.05, 3.63) is 0 Å². The van der Waals surface area contributed by atoms with Crippen molar-refractivity contribution in [3.63, 3.8) is 0 Å². The van der Waals surface area contributed by atoms with Crippen LogP contribution in [0.5, 0.6) is 0 Å². The molecule has 2 aliphatic rings. The van der Waals surface area contributed by atoms with Gasteiger partial charge in [0.15, 0.2) is 0 Å². The van der Waals surface area contributed by atoms with E-state index in [1.807, 2.05) is 0 Å². The molecule has 0 aromatic rings. The number of carboxylic acid groups (broad SMARTS) is 1. The second-order valence-corrected chi connectivity index (χ2v) is 5.61. The Morgan fingerprint density at radius 1 is 1.30 bits per heavy atom. The zero-order valence-electron chi connectivity index (χ0n) is 11.0. The number of nitrogens with one attached hydrogen (secondary N) is 2. The third kappa shape index (κ3) is 3.54. The summed E-state index contributed by atoms with van der Waals surface area (Å²) in [4.78, 5) is 37.7. The average Bonchev–Trinajstić information content (AvgIpc) is 2.95. The highest BCUT2D eigenvalue weighted by Crippen LogP contribution is 2.20. The number of aliphatic carboxylic acids is 1. The standard InChI is InChI=1S/C11H18N4O4S/c16-9(14-3-1-12-2-4-14)5-13-11(19)15-7-20-6-8(15)10(17)18/h8,12H,1-7H2,(H,13,19)(H,17,18). The van der Waals surface area contributed by atoms with Gasteiger partial charge in [-0.2, -0.15) is 0 Å².